The third kappa shape index (κ3) is 5.99. The lowest BCUT2D eigenvalue weighted by molar-refractivity contribution is 0.0949. The Hall–Kier alpha value is -3.86. The number of aryl methyl sites for hydroxylation is 1. The van der Waals surface area contributed by atoms with Gasteiger partial charge in [-0.15, -0.1) is 11.3 Å². The van der Waals surface area contributed by atoms with Crippen LogP contribution in [0.15, 0.2) is 82.7 Å². The van der Waals surface area contributed by atoms with Crippen molar-refractivity contribution < 1.29 is 18.0 Å². The normalized spacial score (nSPS) is 13.7. The number of amides is 2. The summed E-state index contributed by atoms with van der Waals surface area (Å²) in [6.45, 7) is 1.36. The standard InChI is InChI=1S/C30H30N4O4S2/c1-34(2)16-6-5-7-20-10-12-21(13-11-20)30-32-19-23(39-30)18-31-28(35)22-14-15-27-25(17-22)33-29(36)24-8-3-4-9-26(24)40(27,37)38/h3-4,8-15,17,19H,5-7,16,18H2,1-2H3,(H,31,35)(H,33,36). The number of hydrogen-bond acceptors (Lipinski definition) is 7. The Kier molecular flexibility index (Phi) is 8.11. The van der Waals surface area contributed by atoms with Gasteiger partial charge in [0.15, 0.2) is 0 Å². The van der Waals surface area contributed by atoms with Gasteiger partial charge < -0.3 is 15.5 Å². The number of unbranched alkanes of at least 4 members (excludes halogenated alkanes) is 1. The average Bonchev–Trinajstić information content (AvgIpc) is 3.40. The van der Waals surface area contributed by atoms with E-state index in [1.54, 1.807) is 18.3 Å². The van der Waals surface area contributed by atoms with E-state index in [9.17, 15) is 18.0 Å². The Morgan fingerprint density at radius 2 is 1.77 bits per heavy atom. The molecule has 0 unspecified atom stereocenters. The number of fused-ring (bicyclic) bond motifs is 2. The molecule has 0 fully saturated rings. The van der Waals surface area contributed by atoms with Crippen molar-refractivity contribution in [3.05, 3.63) is 94.5 Å². The van der Waals surface area contributed by atoms with E-state index in [1.165, 1.54) is 53.7 Å². The molecule has 8 nitrogen and oxygen atoms in total. The number of thiazole rings is 1. The molecule has 0 aliphatic carbocycles. The molecule has 1 aliphatic rings. The fraction of sp³-hybridized carbons (Fsp3) is 0.233. The molecule has 0 bridgehead atoms. The topological polar surface area (TPSA) is 108 Å². The summed E-state index contributed by atoms with van der Waals surface area (Å²) in [5, 5.41) is 6.38. The van der Waals surface area contributed by atoms with E-state index < -0.39 is 15.7 Å². The highest BCUT2D eigenvalue weighted by Crippen LogP contribution is 2.34. The molecule has 4 aromatic rings. The number of carbonyl (C=O) groups is 2. The SMILES string of the molecule is CN(C)CCCCc1ccc(-c2ncc(CNC(=O)c3ccc4c(c3)NC(=O)c3ccccc3S4(=O)=O)s2)cc1. The Morgan fingerprint density at radius 3 is 2.55 bits per heavy atom. The number of anilines is 1. The number of sulfone groups is 1. The summed E-state index contributed by atoms with van der Waals surface area (Å²) >= 11 is 1.50. The van der Waals surface area contributed by atoms with E-state index in [0.717, 1.165) is 34.8 Å². The van der Waals surface area contributed by atoms with Crippen LogP contribution in [0.1, 0.15) is 44.0 Å². The molecule has 206 valence electrons. The van der Waals surface area contributed by atoms with Crippen LogP contribution in [0.4, 0.5) is 5.69 Å². The lowest BCUT2D eigenvalue weighted by Crippen LogP contribution is -2.22. The van der Waals surface area contributed by atoms with Crippen LogP contribution in [0.25, 0.3) is 10.6 Å². The molecule has 10 heteroatoms. The highest BCUT2D eigenvalue weighted by molar-refractivity contribution is 7.91. The maximum absolute atomic E-state index is 13.2. The largest absolute Gasteiger partial charge is 0.347 e. The fourth-order valence-electron chi connectivity index (χ4n) is 4.56. The van der Waals surface area contributed by atoms with Gasteiger partial charge in [0.05, 0.1) is 27.6 Å². The van der Waals surface area contributed by atoms with E-state index in [2.05, 4.69) is 58.9 Å². The van der Waals surface area contributed by atoms with Crippen molar-refractivity contribution in [2.45, 2.75) is 35.6 Å². The quantitative estimate of drug-likeness (QED) is 0.272. The van der Waals surface area contributed by atoms with Crippen molar-refractivity contribution in [2.24, 2.45) is 0 Å². The molecule has 0 saturated heterocycles. The summed E-state index contributed by atoms with van der Waals surface area (Å²) in [5.41, 5.74) is 2.73. The van der Waals surface area contributed by atoms with Gasteiger partial charge in [0.1, 0.15) is 5.01 Å². The summed E-state index contributed by atoms with van der Waals surface area (Å²) in [5.74, 6) is -0.921. The van der Waals surface area contributed by atoms with Gasteiger partial charge in [-0.2, -0.15) is 0 Å². The summed E-state index contributed by atoms with van der Waals surface area (Å²) in [6.07, 6.45) is 5.12. The molecule has 2 amide bonds. The number of nitrogens with one attached hydrogen (secondary N) is 2. The second-order valence-electron chi connectivity index (χ2n) is 9.94. The Balaban J connectivity index is 1.22. The maximum Gasteiger partial charge on any atom is 0.257 e. The van der Waals surface area contributed by atoms with Gasteiger partial charge >= 0.3 is 0 Å². The first-order chi connectivity index (χ1) is 19.2. The zero-order valence-corrected chi connectivity index (χ0v) is 23.9. The van der Waals surface area contributed by atoms with Crippen LogP contribution in [0.5, 0.6) is 0 Å². The summed E-state index contributed by atoms with van der Waals surface area (Å²) in [6, 6.07) is 18.7. The third-order valence-electron chi connectivity index (χ3n) is 6.70. The lowest BCUT2D eigenvalue weighted by Gasteiger charge is -2.10. The van der Waals surface area contributed by atoms with Crippen molar-refractivity contribution in [3.8, 4) is 10.6 Å². The minimum absolute atomic E-state index is 0.0472. The van der Waals surface area contributed by atoms with Crippen molar-refractivity contribution in [3.63, 3.8) is 0 Å². The molecule has 1 aliphatic heterocycles. The first kappa shape index (κ1) is 27.7. The predicted octanol–water partition coefficient (Wildman–Crippen LogP) is 5.02. The molecule has 40 heavy (non-hydrogen) atoms. The number of aromatic nitrogens is 1. The Bertz CT molecular complexity index is 1660. The number of nitrogens with zero attached hydrogens (tertiary/aromatic N) is 2. The van der Waals surface area contributed by atoms with Crippen molar-refractivity contribution >= 4 is 38.7 Å². The van der Waals surface area contributed by atoms with Crippen LogP contribution < -0.4 is 10.6 Å². The first-order valence-electron chi connectivity index (χ1n) is 13.0. The zero-order chi connectivity index (χ0) is 28.3. The Labute approximate surface area is 238 Å². The second kappa shape index (κ2) is 11.7. The zero-order valence-electron chi connectivity index (χ0n) is 22.3. The van der Waals surface area contributed by atoms with E-state index in [1.807, 2.05) is 0 Å². The van der Waals surface area contributed by atoms with Crippen LogP contribution >= 0.6 is 11.3 Å². The van der Waals surface area contributed by atoms with E-state index in [4.69, 9.17) is 0 Å². The van der Waals surface area contributed by atoms with E-state index >= 15 is 0 Å². The average molecular weight is 575 g/mol. The molecule has 2 heterocycles. The molecule has 0 saturated carbocycles. The minimum atomic E-state index is -3.93. The van der Waals surface area contributed by atoms with Gasteiger partial charge in [0.25, 0.3) is 11.8 Å². The molecule has 5 rings (SSSR count). The van der Waals surface area contributed by atoms with Gasteiger partial charge in [-0.25, -0.2) is 13.4 Å². The molecule has 1 aromatic heterocycles. The minimum Gasteiger partial charge on any atom is -0.347 e. The number of benzene rings is 3. The number of carbonyl (C=O) groups excluding carboxylic acids is 2. The van der Waals surface area contributed by atoms with Crippen LogP contribution in [0.3, 0.4) is 0 Å². The van der Waals surface area contributed by atoms with E-state index in [0.29, 0.717) is 0 Å². The lowest BCUT2D eigenvalue weighted by atomic mass is 10.1. The van der Waals surface area contributed by atoms with Gasteiger partial charge in [0, 0.05) is 22.2 Å². The van der Waals surface area contributed by atoms with Crippen molar-refractivity contribution in [2.75, 3.05) is 26.0 Å². The molecule has 0 radical (unpaired) electrons. The van der Waals surface area contributed by atoms with Crippen molar-refractivity contribution in [1.29, 1.82) is 0 Å². The van der Waals surface area contributed by atoms with Gasteiger partial charge in [-0.3, -0.25) is 9.59 Å². The first-order valence-corrected chi connectivity index (χ1v) is 15.3. The van der Waals surface area contributed by atoms with Crippen LogP contribution in [0, 0.1) is 0 Å². The molecule has 0 spiro atoms. The molecule has 2 N–H and O–H groups in total. The van der Waals surface area contributed by atoms with Crippen LogP contribution in [0.2, 0.25) is 0 Å². The smallest absolute Gasteiger partial charge is 0.257 e. The Morgan fingerprint density at radius 1 is 1.00 bits per heavy atom. The van der Waals surface area contributed by atoms with E-state index in [-0.39, 0.29) is 39.1 Å². The third-order valence-corrected chi connectivity index (χ3v) is 9.62. The summed E-state index contributed by atoms with van der Waals surface area (Å²) in [4.78, 5) is 33.1. The highest BCUT2D eigenvalue weighted by Gasteiger charge is 2.31. The molecule has 3 aromatic carbocycles. The van der Waals surface area contributed by atoms with Gasteiger partial charge in [0.2, 0.25) is 9.84 Å². The van der Waals surface area contributed by atoms with Crippen molar-refractivity contribution in [1.82, 2.24) is 15.2 Å². The molecule has 0 atom stereocenters. The van der Waals surface area contributed by atoms with Gasteiger partial charge in [-0.1, -0.05) is 36.4 Å². The summed E-state index contributed by atoms with van der Waals surface area (Å²) in [7, 11) is 0.251. The van der Waals surface area contributed by atoms with Crippen LogP contribution in [-0.4, -0.2) is 50.8 Å². The highest BCUT2D eigenvalue weighted by atomic mass is 32.2. The molecular formula is C30H30N4O4S2. The maximum atomic E-state index is 13.2. The number of hydrogen-bond donors (Lipinski definition) is 2. The molecular weight excluding hydrogens is 544 g/mol. The predicted molar refractivity (Wildman–Crippen MR) is 157 cm³/mol. The van der Waals surface area contributed by atoms with Gasteiger partial charge in [-0.05, 0) is 75.8 Å². The monoisotopic (exact) mass is 574 g/mol. The summed E-state index contributed by atoms with van der Waals surface area (Å²) < 4.78 is 26.3. The second-order valence-corrected chi connectivity index (χ2v) is 12.9. The van der Waals surface area contributed by atoms with Crippen LogP contribution in [-0.2, 0) is 22.8 Å². The number of rotatable bonds is 9. The fourth-order valence-corrected chi connectivity index (χ4v) is 7.01.